The van der Waals surface area contributed by atoms with Gasteiger partial charge >= 0.3 is 0 Å². The first kappa shape index (κ1) is 28.5. The van der Waals surface area contributed by atoms with Gasteiger partial charge in [0.2, 0.25) is 0 Å². The molecule has 1 aliphatic carbocycles. The van der Waals surface area contributed by atoms with Gasteiger partial charge in [-0.2, -0.15) is 0 Å². The lowest BCUT2D eigenvalue weighted by Gasteiger charge is -2.30. The Morgan fingerprint density at radius 3 is 1.94 bits per heavy atom. The van der Waals surface area contributed by atoms with Gasteiger partial charge in [-0.3, -0.25) is 0 Å². The number of fused-ring (bicyclic) bond motifs is 10. The van der Waals surface area contributed by atoms with Crippen LogP contribution < -0.4 is 4.74 Å². The second-order valence-electron chi connectivity index (χ2n) is 14.1. The number of ether oxygens (including phenoxy) is 1. The smallest absolute Gasteiger partial charge is 0.136 e. The first-order valence-electron chi connectivity index (χ1n) is 17.7. The molecule has 2 atom stereocenters. The van der Waals surface area contributed by atoms with Crippen LogP contribution in [0.25, 0.3) is 82.1 Å². The minimum absolute atomic E-state index is 0.107. The van der Waals surface area contributed by atoms with E-state index in [4.69, 9.17) is 9.15 Å². The maximum atomic E-state index is 6.68. The van der Waals surface area contributed by atoms with Crippen molar-refractivity contribution in [3.8, 4) is 28.0 Å². The normalized spacial score (nSPS) is 18.0. The molecule has 2 aliphatic rings. The molecule has 0 N–H and O–H groups in total. The lowest BCUT2D eigenvalue weighted by atomic mass is 9.72. The molecule has 51 heavy (non-hydrogen) atoms. The predicted molar refractivity (Wildman–Crippen MR) is 212 cm³/mol. The highest BCUT2D eigenvalue weighted by Crippen LogP contribution is 2.54. The van der Waals surface area contributed by atoms with Crippen LogP contribution in [-0.2, 0) is 5.41 Å². The van der Waals surface area contributed by atoms with Gasteiger partial charge in [-0.05, 0) is 103 Å². The van der Waals surface area contributed by atoms with Crippen molar-refractivity contribution in [2.24, 2.45) is 0 Å². The molecule has 9 aromatic rings. The fraction of sp³-hybridized carbons (Fsp3) is 0.0612. The summed E-state index contributed by atoms with van der Waals surface area (Å²) in [7, 11) is 0. The maximum absolute atomic E-state index is 6.68. The van der Waals surface area contributed by atoms with Crippen molar-refractivity contribution < 1.29 is 9.15 Å². The Kier molecular flexibility index (Phi) is 5.89. The molecule has 0 radical (unpaired) electrons. The molecule has 0 amide bonds. The first-order chi connectivity index (χ1) is 25.2. The lowest BCUT2D eigenvalue weighted by Crippen LogP contribution is -2.33. The Labute approximate surface area is 295 Å². The average Bonchev–Trinajstić information content (AvgIpc) is 3.70. The summed E-state index contributed by atoms with van der Waals surface area (Å²) in [6.45, 7) is 2.33. The van der Waals surface area contributed by atoms with E-state index >= 15 is 0 Å². The first-order valence-corrected chi connectivity index (χ1v) is 17.7. The fourth-order valence-corrected chi connectivity index (χ4v) is 9.01. The third kappa shape index (κ3) is 4.05. The Balaban J connectivity index is 1.14. The van der Waals surface area contributed by atoms with Crippen LogP contribution in [0.4, 0.5) is 0 Å². The SMILES string of the molecule is CC12C=C(c3c4ccccc4c(-c4cccc(-c5cccc6ccccc56)c4)c4ccccc34)C=CC1Oc1ccc3oc4ccccc4c3c12. The molecular formula is C49H32O2. The van der Waals surface area contributed by atoms with Gasteiger partial charge in [0.15, 0.2) is 0 Å². The summed E-state index contributed by atoms with van der Waals surface area (Å²) in [5.41, 5.74) is 10.0. The standard InChI is InChI=1S/C49H32O2/c1-49-29-33(24-27-44(49)51-43-26-25-42-47(48(43)49)40-21-8-9-23-41(40)50-42)46-38-19-6-4-17-36(38)45(37-18-5-7-20-39(37)46)32-15-10-14-31(28-32)35-22-11-13-30-12-2-3-16-34(30)35/h2-29,44H,1H3. The van der Waals surface area contributed by atoms with Gasteiger partial charge < -0.3 is 9.15 Å². The second-order valence-corrected chi connectivity index (χ2v) is 14.1. The van der Waals surface area contributed by atoms with E-state index < -0.39 is 0 Å². The van der Waals surface area contributed by atoms with Crippen LogP contribution in [0.2, 0.25) is 0 Å². The van der Waals surface area contributed by atoms with Gasteiger partial charge in [0.05, 0.1) is 5.41 Å². The zero-order valence-corrected chi connectivity index (χ0v) is 28.1. The second kappa shape index (κ2) is 10.6. The molecule has 2 nitrogen and oxygen atoms in total. The molecule has 1 aromatic heterocycles. The molecule has 0 fully saturated rings. The summed E-state index contributed by atoms with van der Waals surface area (Å²) in [4.78, 5) is 0. The molecule has 0 spiro atoms. The van der Waals surface area contributed by atoms with Crippen molar-refractivity contribution in [3.05, 3.63) is 181 Å². The molecule has 2 heterocycles. The Morgan fingerprint density at radius 1 is 0.529 bits per heavy atom. The maximum Gasteiger partial charge on any atom is 0.136 e. The summed E-state index contributed by atoms with van der Waals surface area (Å²) in [5, 5.41) is 9.77. The van der Waals surface area contributed by atoms with E-state index in [9.17, 15) is 0 Å². The highest BCUT2D eigenvalue weighted by Gasteiger charge is 2.46. The largest absolute Gasteiger partial charge is 0.485 e. The van der Waals surface area contributed by atoms with Crippen LogP contribution in [0, 0.1) is 0 Å². The van der Waals surface area contributed by atoms with Gasteiger partial charge in [0.1, 0.15) is 23.0 Å². The third-order valence-electron chi connectivity index (χ3n) is 11.3. The number of hydrogen-bond acceptors (Lipinski definition) is 2. The van der Waals surface area contributed by atoms with Crippen molar-refractivity contribution in [1.29, 1.82) is 0 Å². The van der Waals surface area contributed by atoms with Gasteiger partial charge in [-0.1, -0.05) is 140 Å². The van der Waals surface area contributed by atoms with Crippen molar-refractivity contribution in [1.82, 2.24) is 0 Å². The molecule has 8 aromatic carbocycles. The number of hydrogen-bond donors (Lipinski definition) is 0. The van der Waals surface area contributed by atoms with Crippen molar-refractivity contribution in [3.63, 3.8) is 0 Å². The van der Waals surface area contributed by atoms with E-state index in [0.717, 1.165) is 27.7 Å². The quantitative estimate of drug-likeness (QED) is 0.177. The number of para-hydroxylation sites is 1. The van der Waals surface area contributed by atoms with Gasteiger partial charge in [-0.15, -0.1) is 0 Å². The number of allylic oxidation sites excluding steroid dienone is 2. The average molecular weight is 653 g/mol. The van der Waals surface area contributed by atoms with Crippen LogP contribution in [0.15, 0.2) is 174 Å². The van der Waals surface area contributed by atoms with E-state index in [1.807, 2.05) is 6.07 Å². The molecule has 0 saturated heterocycles. The van der Waals surface area contributed by atoms with E-state index in [1.54, 1.807) is 0 Å². The molecule has 0 bridgehead atoms. The zero-order chi connectivity index (χ0) is 33.7. The van der Waals surface area contributed by atoms with Crippen molar-refractivity contribution in [2.75, 3.05) is 0 Å². The molecular weight excluding hydrogens is 621 g/mol. The van der Waals surface area contributed by atoms with Crippen LogP contribution in [0.1, 0.15) is 18.1 Å². The monoisotopic (exact) mass is 652 g/mol. The lowest BCUT2D eigenvalue weighted by molar-refractivity contribution is 0.229. The van der Waals surface area contributed by atoms with Crippen LogP contribution in [0.5, 0.6) is 5.75 Å². The number of rotatable bonds is 3. The number of furan rings is 1. The Bertz CT molecular complexity index is 2910. The number of benzene rings is 8. The van der Waals surface area contributed by atoms with Crippen LogP contribution in [-0.4, -0.2) is 6.10 Å². The van der Waals surface area contributed by atoms with Crippen LogP contribution >= 0.6 is 0 Å². The van der Waals surface area contributed by atoms with E-state index in [0.29, 0.717) is 0 Å². The highest BCUT2D eigenvalue weighted by molar-refractivity contribution is 6.20. The van der Waals surface area contributed by atoms with E-state index in [2.05, 4.69) is 171 Å². The van der Waals surface area contributed by atoms with E-state index in [-0.39, 0.29) is 11.5 Å². The van der Waals surface area contributed by atoms with Crippen molar-refractivity contribution in [2.45, 2.75) is 18.4 Å². The summed E-state index contributed by atoms with van der Waals surface area (Å²) in [5.74, 6) is 0.930. The van der Waals surface area contributed by atoms with Gasteiger partial charge in [0.25, 0.3) is 0 Å². The van der Waals surface area contributed by atoms with Gasteiger partial charge in [-0.25, -0.2) is 0 Å². The minimum Gasteiger partial charge on any atom is -0.485 e. The van der Waals surface area contributed by atoms with Gasteiger partial charge in [0, 0.05) is 16.3 Å². The summed E-state index contributed by atoms with van der Waals surface area (Å²) in [6.07, 6.45) is 6.89. The summed E-state index contributed by atoms with van der Waals surface area (Å²) >= 11 is 0. The molecule has 1 aliphatic heterocycles. The zero-order valence-electron chi connectivity index (χ0n) is 28.1. The molecule has 240 valence electrons. The molecule has 2 unspecified atom stereocenters. The topological polar surface area (TPSA) is 22.4 Å². The third-order valence-corrected chi connectivity index (χ3v) is 11.3. The highest BCUT2D eigenvalue weighted by atomic mass is 16.5. The van der Waals surface area contributed by atoms with E-state index in [1.165, 1.54) is 71.3 Å². The molecule has 2 heteroatoms. The van der Waals surface area contributed by atoms with Crippen molar-refractivity contribution >= 4 is 59.8 Å². The fourth-order valence-electron chi connectivity index (χ4n) is 9.01. The molecule has 0 saturated carbocycles. The minimum atomic E-state index is -0.390. The Hall–Kier alpha value is -6.38. The van der Waals surface area contributed by atoms with Crippen LogP contribution in [0.3, 0.4) is 0 Å². The summed E-state index contributed by atoms with van der Waals surface area (Å²) < 4.78 is 13.0. The molecule has 11 rings (SSSR count). The summed E-state index contributed by atoms with van der Waals surface area (Å²) in [6, 6.07) is 54.6. The predicted octanol–water partition coefficient (Wildman–Crippen LogP) is 13.1. The Morgan fingerprint density at radius 2 is 1.16 bits per heavy atom.